The van der Waals surface area contributed by atoms with Crippen LogP contribution in [0.4, 0.5) is 4.39 Å². The molecule has 1 atom stereocenters. The van der Waals surface area contributed by atoms with E-state index in [4.69, 9.17) is 0 Å². The highest BCUT2D eigenvalue weighted by atomic mass is 32.2. The average molecular weight is 259 g/mol. The maximum absolute atomic E-state index is 13.4. The first kappa shape index (κ1) is 14.1. The summed E-state index contributed by atoms with van der Waals surface area (Å²) in [6.45, 7) is 4.00. The van der Waals surface area contributed by atoms with Crippen molar-refractivity contribution < 1.29 is 12.8 Å². The first-order chi connectivity index (χ1) is 7.78. The van der Waals surface area contributed by atoms with Crippen LogP contribution in [0.1, 0.15) is 18.1 Å². The largest absolute Gasteiger partial charge is 0.309 e. The van der Waals surface area contributed by atoms with Crippen LogP contribution in [0.15, 0.2) is 18.2 Å². The molecule has 0 aromatic heterocycles. The molecular formula is C12H18FNO2S. The van der Waals surface area contributed by atoms with E-state index >= 15 is 0 Å². The zero-order valence-corrected chi connectivity index (χ0v) is 11.1. The van der Waals surface area contributed by atoms with Crippen LogP contribution in [0, 0.1) is 12.7 Å². The summed E-state index contributed by atoms with van der Waals surface area (Å²) in [4.78, 5) is 0. The smallest absolute Gasteiger partial charge is 0.148 e. The lowest BCUT2D eigenvalue weighted by Crippen LogP contribution is -2.32. The van der Waals surface area contributed by atoms with Crippen LogP contribution in [0.3, 0.4) is 0 Å². The Morgan fingerprint density at radius 2 is 2.06 bits per heavy atom. The van der Waals surface area contributed by atoms with Crippen LogP contribution >= 0.6 is 0 Å². The zero-order valence-electron chi connectivity index (χ0n) is 10.3. The summed E-state index contributed by atoms with van der Waals surface area (Å²) in [5.41, 5.74) is 1.55. The molecule has 1 unspecified atom stereocenters. The van der Waals surface area contributed by atoms with Crippen molar-refractivity contribution in [3.63, 3.8) is 0 Å². The van der Waals surface area contributed by atoms with Gasteiger partial charge in [0.1, 0.15) is 15.7 Å². The standard InChI is InChI=1S/C12H18FNO2S/c1-9-4-5-12(13)11(6-9)7-14-10(2)8-17(3,15)16/h4-6,10,14H,7-8H2,1-3H3. The Bertz CT molecular complexity index is 485. The molecule has 0 spiro atoms. The lowest BCUT2D eigenvalue weighted by Gasteiger charge is -2.13. The molecule has 0 aliphatic carbocycles. The Morgan fingerprint density at radius 1 is 1.41 bits per heavy atom. The van der Waals surface area contributed by atoms with Crippen molar-refractivity contribution in [3.05, 3.63) is 35.1 Å². The van der Waals surface area contributed by atoms with Gasteiger partial charge >= 0.3 is 0 Å². The predicted molar refractivity (Wildman–Crippen MR) is 67.1 cm³/mol. The fraction of sp³-hybridized carbons (Fsp3) is 0.500. The van der Waals surface area contributed by atoms with Crippen molar-refractivity contribution in [2.45, 2.75) is 26.4 Å². The highest BCUT2D eigenvalue weighted by Crippen LogP contribution is 2.09. The molecule has 0 bridgehead atoms. The first-order valence-electron chi connectivity index (χ1n) is 5.44. The molecule has 0 saturated heterocycles. The number of hydrogen-bond donors (Lipinski definition) is 1. The number of hydrogen-bond acceptors (Lipinski definition) is 3. The van der Waals surface area contributed by atoms with Gasteiger partial charge in [0.15, 0.2) is 0 Å². The number of halogens is 1. The van der Waals surface area contributed by atoms with Gasteiger partial charge in [-0.3, -0.25) is 0 Å². The summed E-state index contributed by atoms with van der Waals surface area (Å²) in [7, 11) is -3.00. The molecular weight excluding hydrogens is 241 g/mol. The molecule has 0 radical (unpaired) electrons. The summed E-state index contributed by atoms with van der Waals surface area (Å²) in [6.07, 6.45) is 1.19. The van der Waals surface area contributed by atoms with Gasteiger partial charge in [0.05, 0.1) is 5.75 Å². The van der Waals surface area contributed by atoms with Gasteiger partial charge in [-0.25, -0.2) is 12.8 Å². The summed E-state index contributed by atoms with van der Waals surface area (Å²) in [6, 6.07) is 4.70. The van der Waals surface area contributed by atoms with Gasteiger partial charge in [0.25, 0.3) is 0 Å². The van der Waals surface area contributed by atoms with Crippen LogP contribution in [0.25, 0.3) is 0 Å². The second-order valence-corrected chi connectivity index (χ2v) is 6.65. The first-order valence-corrected chi connectivity index (χ1v) is 7.50. The van der Waals surface area contributed by atoms with Crippen LogP contribution in [-0.2, 0) is 16.4 Å². The van der Waals surface area contributed by atoms with Crippen LogP contribution in [-0.4, -0.2) is 26.5 Å². The number of benzene rings is 1. The summed E-state index contributed by atoms with van der Waals surface area (Å²) < 4.78 is 35.5. The fourth-order valence-electron chi connectivity index (χ4n) is 1.64. The van der Waals surface area contributed by atoms with Gasteiger partial charge in [-0.15, -0.1) is 0 Å². The molecule has 0 fully saturated rings. The molecule has 0 aliphatic heterocycles. The Balaban J connectivity index is 2.58. The molecule has 1 rings (SSSR count). The van der Waals surface area contributed by atoms with Gasteiger partial charge in [0.2, 0.25) is 0 Å². The maximum Gasteiger partial charge on any atom is 0.148 e. The molecule has 0 amide bonds. The summed E-state index contributed by atoms with van der Waals surface area (Å²) in [5, 5.41) is 3.00. The highest BCUT2D eigenvalue weighted by molar-refractivity contribution is 7.90. The van der Waals surface area contributed by atoms with Gasteiger partial charge in [-0.1, -0.05) is 17.7 Å². The van der Waals surface area contributed by atoms with E-state index in [9.17, 15) is 12.8 Å². The molecule has 1 aromatic rings. The van der Waals surface area contributed by atoms with Crippen molar-refractivity contribution in [1.29, 1.82) is 0 Å². The Kier molecular flexibility index (Phi) is 4.65. The minimum Gasteiger partial charge on any atom is -0.309 e. The average Bonchev–Trinajstić information content (AvgIpc) is 2.17. The number of aryl methyl sites for hydroxylation is 1. The van der Waals surface area contributed by atoms with E-state index in [1.165, 1.54) is 12.3 Å². The van der Waals surface area contributed by atoms with Crippen molar-refractivity contribution in [3.8, 4) is 0 Å². The molecule has 5 heteroatoms. The van der Waals surface area contributed by atoms with Gasteiger partial charge in [-0.05, 0) is 19.9 Å². The third kappa shape index (κ3) is 5.28. The van der Waals surface area contributed by atoms with Crippen molar-refractivity contribution >= 4 is 9.84 Å². The zero-order chi connectivity index (χ0) is 13.1. The van der Waals surface area contributed by atoms with E-state index < -0.39 is 9.84 Å². The SMILES string of the molecule is Cc1ccc(F)c(CNC(C)CS(C)(=O)=O)c1. The quantitative estimate of drug-likeness (QED) is 0.874. The number of rotatable bonds is 5. The Morgan fingerprint density at radius 3 is 2.65 bits per heavy atom. The highest BCUT2D eigenvalue weighted by Gasteiger charge is 2.10. The second kappa shape index (κ2) is 5.60. The molecule has 0 heterocycles. The number of sulfone groups is 1. The lowest BCUT2D eigenvalue weighted by atomic mass is 10.1. The molecule has 1 aromatic carbocycles. The fourth-order valence-corrected chi connectivity index (χ4v) is 2.66. The maximum atomic E-state index is 13.4. The summed E-state index contributed by atoms with van der Waals surface area (Å²) in [5.74, 6) is -0.213. The second-order valence-electron chi connectivity index (χ2n) is 4.47. The lowest BCUT2D eigenvalue weighted by molar-refractivity contribution is 0.542. The molecule has 1 N–H and O–H groups in total. The minimum atomic E-state index is -3.00. The minimum absolute atomic E-state index is 0.0560. The third-order valence-electron chi connectivity index (χ3n) is 2.39. The van der Waals surface area contributed by atoms with Gasteiger partial charge in [-0.2, -0.15) is 0 Å². The Labute approximate surface area is 102 Å². The molecule has 0 aliphatic rings. The van der Waals surface area contributed by atoms with E-state index in [1.54, 1.807) is 19.1 Å². The molecule has 0 saturated carbocycles. The normalized spacial score (nSPS) is 13.6. The summed E-state index contributed by atoms with van der Waals surface area (Å²) >= 11 is 0. The Hall–Kier alpha value is -0.940. The van der Waals surface area contributed by atoms with Crippen molar-refractivity contribution in [2.75, 3.05) is 12.0 Å². The molecule has 17 heavy (non-hydrogen) atoms. The van der Waals surface area contributed by atoms with Gasteiger partial charge in [0, 0.05) is 24.4 Å². The predicted octanol–water partition coefficient (Wildman–Crippen LogP) is 1.66. The van der Waals surface area contributed by atoms with E-state index in [-0.39, 0.29) is 17.6 Å². The van der Waals surface area contributed by atoms with E-state index in [0.29, 0.717) is 12.1 Å². The van der Waals surface area contributed by atoms with Crippen LogP contribution in [0.5, 0.6) is 0 Å². The molecule has 96 valence electrons. The third-order valence-corrected chi connectivity index (χ3v) is 3.50. The van der Waals surface area contributed by atoms with Gasteiger partial charge < -0.3 is 5.32 Å². The number of nitrogens with one attached hydrogen (secondary N) is 1. The van der Waals surface area contributed by atoms with Crippen molar-refractivity contribution in [2.24, 2.45) is 0 Å². The van der Waals surface area contributed by atoms with Crippen molar-refractivity contribution in [1.82, 2.24) is 5.32 Å². The van der Waals surface area contributed by atoms with E-state index in [1.807, 2.05) is 6.92 Å². The van der Waals surface area contributed by atoms with Crippen LogP contribution in [0.2, 0.25) is 0 Å². The van der Waals surface area contributed by atoms with E-state index in [0.717, 1.165) is 5.56 Å². The molecule has 3 nitrogen and oxygen atoms in total. The van der Waals surface area contributed by atoms with Crippen LogP contribution < -0.4 is 5.32 Å². The van der Waals surface area contributed by atoms with E-state index in [2.05, 4.69) is 5.32 Å². The monoisotopic (exact) mass is 259 g/mol. The topological polar surface area (TPSA) is 46.2 Å².